The van der Waals surface area contributed by atoms with E-state index in [9.17, 15) is 9.59 Å². The summed E-state index contributed by atoms with van der Waals surface area (Å²) in [5, 5.41) is 3.15. The van der Waals surface area contributed by atoms with Crippen molar-refractivity contribution < 1.29 is 4.79 Å². The van der Waals surface area contributed by atoms with Gasteiger partial charge < -0.3 is 15.1 Å². The molecule has 30 heavy (non-hydrogen) atoms. The standard InChI is InChI=1S/C23H29N5O2/c1-16(17-8-6-5-7-9-17)22(29)24-18-14-20-21(27(4)23(30)26(20)3)15-19(18)28-12-10-25(2)11-13-28/h5-9,14-16H,10-13H2,1-4H3,(H,24,29)/t16-/m1/s1. The zero-order valence-corrected chi connectivity index (χ0v) is 18.1. The normalized spacial score (nSPS) is 16.1. The number of amides is 1. The third kappa shape index (κ3) is 3.61. The third-order valence-corrected chi connectivity index (χ3v) is 6.18. The van der Waals surface area contributed by atoms with E-state index in [1.165, 1.54) is 0 Å². The smallest absolute Gasteiger partial charge is 0.328 e. The summed E-state index contributed by atoms with van der Waals surface area (Å²) < 4.78 is 3.28. The van der Waals surface area contributed by atoms with Crippen LogP contribution >= 0.6 is 0 Å². The van der Waals surface area contributed by atoms with Crippen LogP contribution in [0, 0.1) is 0 Å². The minimum absolute atomic E-state index is 0.0585. The minimum Gasteiger partial charge on any atom is -0.367 e. The summed E-state index contributed by atoms with van der Waals surface area (Å²) in [5.74, 6) is -0.335. The van der Waals surface area contributed by atoms with Crippen LogP contribution in [0.2, 0.25) is 0 Å². The Morgan fingerprint density at radius 3 is 2.17 bits per heavy atom. The first kappa shape index (κ1) is 20.2. The van der Waals surface area contributed by atoms with Gasteiger partial charge in [0.2, 0.25) is 5.91 Å². The van der Waals surface area contributed by atoms with Gasteiger partial charge in [0, 0.05) is 40.3 Å². The Balaban J connectivity index is 1.74. The average Bonchev–Trinajstić information content (AvgIpc) is 2.97. The Morgan fingerprint density at radius 1 is 0.933 bits per heavy atom. The summed E-state index contributed by atoms with van der Waals surface area (Å²) in [6, 6.07) is 13.7. The molecule has 1 amide bonds. The molecule has 0 unspecified atom stereocenters. The Morgan fingerprint density at radius 2 is 1.53 bits per heavy atom. The van der Waals surface area contributed by atoms with E-state index < -0.39 is 0 Å². The summed E-state index contributed by atoms with van der Waals surface area (Å²) in [7, 11) is 5.66. The zero-order valence-electron chi connectivity index (χ0n) is 18.1. The lowest BCUT2D eigenvalue weighted by molar-refractivity contribution is -0.117. The number of anilines is 2. The number of nitrogens with zero attached hydrogens (tertiary/aromatic N) is 4. The average molecular weight is 408 g/mol. The van der Waals surface area contributed by atoms with E-state index in [0.29, 0.717) is 0 Å². The molecule has 0 aliphatic carbocycles. The molecule has 2 aromatic carbocycles. The van der Waals surface area contributed by atoms with Crippen molar-refractivity contribution >= 4 is 28.3 Å². The number of benzene rings is 2. The first-order chi connectivity index (χ1) is 14.4. The quantitative estimate of drug-likeness (QED) is 0.721. The summed E-state index contributed by atoms with van der Waals surface area (Å²) in [6.45, 7) is 5.58. The van der Waals surface area contributed by atoms with E-state index in [0.717, 1.165) is 54.2 Å². The van der Waals surface area contributed by atoms with E-state index in [1.807, 2.05) is 49.4 Å². The molecule has 7 nitrogen and oxygen atoms in total. The van der Waals surface area contributed by atoms with Crippen molar-refractivity contribution in [2.75, 3.05) is 43.4 Å². The molecular weight excluding hydrogens is 378 g/mol. The maximum Gasteiger partial charge on any atom is 0.328 e. The third-order valence-electron chi connectivity index (χ3n) is 6.18. The molecule has 7 heteroatoms. The van der Waals surface area contributed by atoms with E-state index in [1.54, 1.807) is 23.2 Å². The fraction of sp³-hybridized carbons (Fsp3) is 0.391. The Labute approximate surface area is 176 Å². The largest absolute Gasteiger partial charge is 0.367 e. The van der Waals surface area contributed by atoms with Crippen LogP contribution in [0.25, 0.3) is 11.0 Å². The molecule has 0 saturated carbocycles. The fourth-order valence-electron chi connectivity index (χ4n) is 4.08. The van der Waals surface area contributed by atoms with Gasteiger partial charge in [0.05, 0.1) is 28.3 Å². The van der Waals surface area contributed by atoms with Crippen LogP contribution in [0.15, 0.2) is 47.3 Å². The van der Waals surface area contributed by atoms with Gasteiger partial charge in [-0.3, -0.25) is 13.9 Å². The number of carbonyl (C=O) groups excluding carboxylic acids is 1. The molecule has 158 valence electrons. The van der Waals surface area contributed by atoms with E-state index in [4.69, 9.17) is 0 Å². The molecule has 1 aromatic heterocycles. The predicted octanol–water partition coefficient (Wildman–Crippen LogP) is 2.37. The number of rotatable bonds is 4. The van der Waals surface area contributed by atoms with E-state index >= 15 is 0 Å². The van der Waals surface area contributed by atoms with Gasteiger partial charge in [0.25, 0.3) is 0 Å². The molecule has 0 radical (unpaired) electrons. The highest BCUT2D eigenvalue weighted by atomic mass is 16.2. The molecule has 1 atom stereocenters. The van der Waals surface area contributed by atoms with Crippen LogP contribution in [0.1, 0.15) is 18.4 Å². The number of piperazine rings is 1. The molecule has 1 aliphatic heterocycles. The molecule has 3 aromatic rings. The second kappa shape index (κ2) is 7.99. The zero-order chi connectivity index (χ0) is 21.4. The van der Waals surface area contributed by atoms with Gasteiger partial charge in [-0.2, -0.15) is 0 Å². The lowest BCUT2D eigenvalue weighted by Crippen LogP contribution is -2.44. The number of imidazole rings is 1. The molecule has 2 heterocycles. The van der Waals surface area contributed by atoms with Gasteiger partial charge in [-0.15, -0.1) is 0 Å². The second-order valence-electron chi connectivity index (χ2n) is 8.17. The number of aryl methyl sites for hydroxylation is 2. The lowest BCUT2D eigenvalue weighted by atomic mass is 10.0. The van der Waals surface area contributed by atoms with Gasteiger partial charge in [0.1, 0.15) is 0 Å². The fourth-order valence-corrected chi connectivity index (χ4v) is 4.08. The Kier molecular flexibility index (Phi) is 5.39. The van der Waals surface area contributed by atoms with Crippen molar-refractivity contribution in [3.8, 4) is 0 Å². The Bertz CT molecular complexity index is 1120. The first-order valence-corrected chi connectivity index (χ1v) is 10.4. The predicted molar refractivity (Wildman–Crippen MR) is 121 cm³/mol. The molecule has 1 fully saturated rings. The number of aromatic nitrogens is 2. The summed E-state index contributed by atoms with van der Waals surface area (Å²) in [5.41, 5.74) is 4.29. The van der Waals surface area contributed by atoms with Crippen LogP contribution in [0.4, 0.5) is 11.4 Å². The van der Waals surface area contributed by atoms with E-state index in [-0.39, 0.29) is 17.5 Å². The van der Waals surface area contributed by atoms with Gasteiger partial charge in [-0.25, -0.2) is 4.79 Å². The van der Waals surface area contributed by atoms with Crippen molar-refractivity contribution in [2.24, 2.45) is 14.1 Å². The van der Waals surface area contributed by atoms with Gasteiger partial charge >= 0.3 is 5.69 Å². The lowest BCUT2D eigenvalue weighted by Gasteiger charge is -2.35. The summed E-state index contributed by atoms with van der Waals surface area (Å²) in [4.78, 5) is 30.1. The highest BCUT2D eigenvalue weighted by molar-refractivity contribution is 6.01. The SMILES string of the molecule is C[C@@H](C(=O)Nc1cc2c(cc1N1CCN(C)CC1)n(C)c(=O)n2C)c1ccccc1. The number of likely N-dealkylation sites (N-methyl/N-ethyl adjacent to an activating group) is 1. The summed E-state index contributed by atoms with van der Waals surface area (Å²) >= 11 is 0. The van der Waals surface area contributed by atoms with Gasteiger partial charge in [0.15, 0.2) is 0 Å². The Hall–Kier alpha value is -3.06. The molecular formula is C23H29N5O2. The highest BCUT2D eigenvalue weighted by Gasteiger charge is 2.23. The molecule has 0 bridgehead atoms. The van der Waals surface area contributed by atoms with Crippen LogP contribution in [0.5, 0.6) is 0 Å². The monoisotopic (exact) mass is 407 g/mol. The topological polar surface area (TPSA) is 62.5 Å². The summed E-state index contributed by atoms with van der Waals surface area (Å²) in [6.07, 6.45) is 0. The maximum atomic E-state index is 13.1. The number of nitrogens with one attached hydrogen (secondary N) is 1. The van der Waals surface area contributed by atoms with Crippen molar-refractivity contribution in [3.05, 3.63) is 58.5 Å². The number of hydrogen-bond acceptors (Lipinski definition) is 4. The van der Waals surface area contributed by atoms with Crippen LogP contribution in [-0.2, 0) is 18.9 Å². The van der Waals surface area contributed by atoms with Crippen LogP contribution < -0.4 is 15.9 Å². The number of carbonyl (C=O) groups is 1. The molecule has 4 rings (SSSR count). The molecule has 1 N–H and O–H groups in total. The number of fused-ring (bicyclic) bond motifs is 1. The second-order valence-corrected chi connectivity index (χ2v) is 8.17. The van der Waals surface area contributed by atoms with Crippen LogP contribution in [-0.4, -0.2) is 53.2 Å². The van der Waals surface area contributed by atoms with Crippen molar-refractivity contribution in [1.29, 1.82) is 0 Å². The van der Waals surface area contributed by atoms with E-state index in [2.05, 4.69) is 22.2 Å². The minimum atomic E-state index is -0.276. The van der Waals surface area contributed by atoms with Gasteiger partial charge in [-0.1, -0.05) is 30.3 Å². The maximum absolute atomic E-state index is 13.1. The first-order valence-electron chi connectivity index (χ1n) is 10.4. The van der Waals surface area contributed by atoms with Crippen molar-refractivity contribution in [2.45, 2.75) is 12.8 Å². The van der Waals surface area contributed by atoms with Crippen molar-refractivity contribution in [3.63, 3.8) is 0 Å². The highest BCUT2D eigenvalue weighted by Crippen LogP contribution is 2.32. The molecule has 1 aliphatic rings. The van der Waals surface area contributed by atoms with Crippen LogP contribution in [0.3, 0.4) is 0 Å². The van der Waals surface area contributed by atoms with Gasteiger partial charge in [-0.05, 0) is 31.7 Å². The molecule has 0 spiro atoms. The number of hydrogen-bond donors (Lipinski definition) is 1. The van der Waals surface area contributed by atoms with Crippen molar-refractivity contribution in [1.82, 2.24) is 14.0 Å². The molecule has 1 saturated heterocycles.